The normalized spacial score (nSPS) is 16.4. The van der Waals surface area contributed by atoms with Crippen molar-refractivity contribution < 1.29 is 36.5 Å². The summed E-state index contributed by atoms with van der Waals surface area (Å²) in [6.45, 7) is 15.7. The number of ether oxygens (including phenoxy) is 2. The highest BCUT2D eigenvalue weighted by molar-refractivity contribution is 8.13. The Bertz CT molecular complexity index is 2650. The van der Waals surface area contributed by atoms with Gasteiger partial charge in [0.2, 0.25) is 10.0 Å². The fraction of sp³-hybridized carbons (Fsp3) is 0.435. The lowest BCUT2D eigenvalue weighted by molar-refractivity contribution is 0.0465. The lowest BCUT2D eigenvalue weighted by Gasteiger charge is -2.35. The van der Waals surface area contributed by atoms with Gasteiger partial charge in [0.25, 0.3) is 9.05 Å². The Hall–Kier alpha value is -3.87. The van der Waals surface area contributed by atoms with Crippen LogP contribution in [0.4, 0.5) is 0 Å². The molecule has 16 nitrogen and oxygen atoms in total. The molecule has 6 aromatic rings. The van der Waals surface area contributed by atoms with E-state index in [-0.39, 0.29) is 16.4 Å². The summed E-state index contributed by atoms with van der Waals surface area (Å²) in [7, 11) is -1.97. The summed E-state index contributed by atoms with van der Waals surface area (Å²) in [4.78, 5) is 18.5. The van der Waals surface area contributed by atoms with Crippen LogP contribution in [0.3, 0.4) is 0 Å². The number of aliphatic hydroxyl groups is 2. The molecular weight excluding hydrogens is 956 g/mol. The molecular formula is C46H61ClN8O8S4. The van der Waals surface area contributed by atoms with Crippen LogP contribution < -0.4 is 19.9 Å². The van der Waals surface area contributed by atoms with Crippen LogP contribution in [0.5, 0.6) is 11.5 Å². The van der Waals surface area contributed by atoms with E-state index in [1.54, 1.807) is 71.2 Å². The number of nitrogens with zero attached hydrogens (tertiary/aromatic N) is 6. The van der Waals surface area contributed by atoms with Gasteiger partial charge in [-0.2, -0.15) is 0 Å². The molecule has 0 saturated carbocycles. The largest absolute Gasteiger partial charge is 0.491 e. The van der Waals surface area contributed by atoms with Crippen LogP contribution in [0.1, 0.15) is 10.0 Å². The number of hydrogen-bond acceptors (Lipinski definition) is 17. The van der Waals surface area contributed by atoms with Crippen molar-refractivity contribution in [1.82, 2.24) is 34.3 Å². The van der Waals surface area contributed by atoms with Crippen LogP contribution in [-0.4, -0.2) is 174 Å². The van der Waals surface area contributed by atoms with Gasteiger partial charge in [-0.05, 0) is 62.4 Å². The van der Waals surface area contributed by atoms with Crippen LogP contribution in [0, 0.1) is 13.8 Å². The quantitative estimate of drug-likeness (QED) is 0.0878. The number of nitrogens with two attached hydrogens (primary N) is 1. The molecule has 2 fully saturated rings. The Balaban J connectivity index is 0.000000189. The zero-order chi connectivity index (χ0) is 47.8. The minimum absolute atomic E-state index is 0.136. The van der Waals surface area contributed by atoms with Gasteiger partial charge in [-0.15, -0.1) is 22.7 Å². The molecule has 4 heterocycles. The Morgan fingerprint density at radius 1 is 0.642 bits per heavy atom. The third-order valence-corrected chi connectivity index (χ3v) is 15.7. The first-order valence-electron chi connectivity index (χ1n) is 22.1. The lowest BCUT2D eigenvalue weighted by atomic mass is 10.2. The predicted octanol–water partition coefficient (Wildman–Crippen LogP) is 4.48. The molecule has 2 aliphatic heterocycles. The van der Waals surface area contributed by atoms with E-state index in [2.05, 4.69) is 34.3 Å². The number of thiazole rings is 2. The molecule has 0 unspecified atom stereocenters. The Morgan fingerprint density at radius 3 is 1.48 bits per heavy atom. The second-order valence-electron chi connectivity index (χ2n) is 16.2. The first-order valence-corrected chi connectivity index (χ1v) is 27.6. The third kappa shape index (κ3) is 17.2. The van der Waals surface area contributed by atoms with Crippen molar-refractivity contribution in [3.05, 3.63) is 107 Å². The molecule has 2 saturated heterocycles. The van der Waals surface area contributed by atoms with Crippen LogP contribution in [0.15, 0.2) is 107 Å². The molecule has 21 heteroatoms. The van der Waals surface area contributed by atoms with Gasteiger partial charge in [0.05, 0.1) is 40.2 Å². The molecule has 0 aliphatic carbocycles. The average molecular weight is 1020 g/mol. The Labute approximate surface area is 406 Å². The number of β-amino-alcohol motifs (C(OH)–C–C–N with tert-alkyl or cyclic N) is 2. The van der Waals surface area contributed by atoms with E-state index in [4.69, 9.17) is 25.9 Å². The van der Waals surface area contributed by atoms with Gasteiger partial charge in [-0.3, -0.25) is 19.6 Å². The van der Waals surface area contributed by atoms with Gasteiger partial charge in [0.15, 0.2) is 0 Å². The number of aromatic nitrogens is 2. The third-order valence-electron chi connectivity index (χ3n) is 10.9. The number of nitrogens with one attached hydrogen (secondary N) is 1. The molecule has 364 valence electrons. The van der Waals surface area contributed by atoms with Gasteiger partial charge in [0, 0.05) is 114 Å². The summed E-state index contributed by atoms with van der Waals surface area (Å²) < 4.78 is 62.3. The SMILES string of the molecule is Cc1nc2cc(OC[C@H](O)CN3CCN(CCN)CC3)ccc2s1.Cc1nc2cc(OC[C@H](O)CN3CCN(CCNS(=O)(=O)c4ccccc4)CC3)ccc2s1.O=S(=O)(Cl)c1ccccc1. The van der Waals surface area contributed by atoms with Crippen molar-refractivity contribution in [2.24, 2.45) is 5.73 Å². The summed E-state index contributed by atoms with van der Waals surface area (Å²) in [6, 6.07) is 28.0. The number of piperazine rings is 2. The summed E-state index contributed by atoms with van der Waals surface area (Å²) >= 11 is 3.33. The van der Waals surface area contributed by atoms with Gasteiger partial charge in [-0.25, -0.2) is 31.5 Å². The van der Waals surface area contributed by atoms with Crippen LogP contribution >= 0.6 is 33.4 Å². The van der Waals surface area contributed by atoms with E-state index < -0.39 is 31.3 Å². The predicted molar refractivity (Wildman–Crippen MR) is 268 cm³/mol. The smallest absolute Gasteiger partial charge is 0.261 e. The van der Waals surface area contributed by atoms with E-state index in [1.807, 2.05) is 50.2 Å². The minimum atomic E-state index is -3.53. The molecule has 2 atom stereocenters. The van der Waals surface area contributed by atoms with Crippen molar-refractivity contribution in [1.29, 1.82) is 0 Å². The van der Waals surface area contributed by atoms with Gasteiger partial charge in [-0.1, -0.05) is 36.4 Å². The molecule has 5 N–H and O–H groups in total. The summed E-state index contributed by atoms with van der Waals surface area (Å²) in [6.07, 6.45) is -1.07. The van der Waals surface area contributed by atoms with Crippen molar-refractivity contribution in [2.45, 2.75) is 35.8 Å². The number of aryl methyl sites for hydroxylation is 2. The standard InChI is InChI=1S/C23H30N4O4S2.C17H26N4O2S.C6H5ClO2S/c1-18-25-22-15-20(7-8-23(22)32-18)31-17-19(28)16-27-13-11-26(12-14-27)10-9-24-33(29,30)21-5-3-2-4-6-21;1-13-19-16-10-15(2-3-17(16)24-13)23-12-14(22)11-21-8-6-20(5-4-18)7-9-21;7-10(8,9)6-4-2-1-3-5-6/h2-8,15,19,24,28H,9-14,16-17H2,1H3;2-3,10,14,22H,4-9,11-12,18H2,1H3;1-5H/t19-;14-;/m11./s1. The molecule has 0 radical (unpaired) electrons. The molecule has 2 aliphatic rings. The van der Waals surface area contributed by atoms with Crippen molar-refractivity contribution in [3.8, 4) is 11.5 Å². The van der Waals surface area contributed by atoms with Crippen LogP contribution in [0.2, 0.25) is 0 Å². The summed E-state index contributed by atoms with van der Waals surface area (Å²) in [5.41, 5.74) is 7.47. The molecule has 0 bridgehead atoms. The number of aliphatic hydroxyl groups excluding tert-OH is 2. The number of hydrogen-bond donors (Lipinski definition) is 4. The van der Waals surface area contributed by atoms with Crippen molar-refractivity contribution >= 4 is 72.9 Å². The maximum absolute atomic E-state index is 12.3. The number of rotatable bonds is 18. The average Bonchev–Trinajstić information content (AvgIpc) is 3.89. The van der Waals surface area contributed by atoms with Gasteiger partial charge < -0.3 is 25.4 Å². The lowest BCUT2D eigenvalue weighted by Crippen LogP contribution is -2.50. The highest BCUT2D eigenvalue weighted by atomic mass is 35.7. The maximum Gasteiger partial charge on any atom is 0.261 e. The first-order chi connectivity index (χ1) is 32.1. The molecule has 67 heavy (non-hydrogen) atoms. The molecule has 8 rings (SSSR count). The first kappa shape index (κ1) is 52.5. The Kier molecular flexibility index (Phi) is 20.1. The van der Waals surface area contributed by atoms with E-state index in [0.29, 0.717) is 39.3 Å². The monoisotopic (exact) mass is 1020 g/mol. The number of halogens is 1. The Morgan fingerprint density at radius 2 is 1.06 bits per heavy atom. The topological polar surface area (TPSA) is 204 Å². The number of benzene rings is 4. The van der Waals surface area contributed by atoms with Crippen molar-refractivity contribution in [2.75, 3.05) is 105 Å². The molecule has 0 amide bonds. The number of fused-ring (bicyclic) bond motifs is 2. The fourth-order valence-electron chi connectivity index (χ4n) is 7.49. The second-order valence-corrected chi connectivity index (χ2v) is 23.0. The summed E-state index contributed by atoms with van der Waals surface area (Å²) in [5.74, 6) is 1.48. The zero-order valence-corrected chi connectivity index (χ0v) is 41.8. The highest BCUT2D eigenvalue weighted by Gasteiger charge is 2.22. The van der Waals surface area contributed by atoms with E-state index in [0.717, 1.165) is 101 Å². The molecule has 4 aromatic carbocycles. The number of sulfonamides is 1. The fourth-order valence-corrected chi connectivity index (χ4v) is 10.9. The zero-order valence-electron chi connectivity index (χ0n) is 37.8. The van der Waals surface area contributed by atoms with E-state index >= 15 is 0 Å². The highest BCUT2D eigenvalue weighted by Crippen LogP contribution is 2.27. The van der Waals surface area contributed by atoms with Crippen LogP contribution in [0.25, 0.3) is 20.4 Å². The van der Waals surface area contributed by atoms with Gasteiger partial charge >= 0.3 is 0 Å². The molecule has 2 aromatic heterocycles. The molecule has 0 spiro atoms. The summed E-state index contributed by atoms with van der Waals surface area (Å²) in [5, 5.41) is 22.7. The van der Waals surface area contributed by atoms with Crippen LogP contribution in [-0.2, 0) is 19.1 Å². The van der Waals surface area contributed by atoms with E-state index in [9.17, 15) is 27.0 Å². The second kappa shape index (κ2) is 25.7. The maximum atomic E-state index is 12.3. The minimum Gasteiger partial charge on any atom is -0.491 e. The van der Waals surface area contributed by atoms with Crippen molar-refractivity contribution in [3.63, 3.8) is 0 Å². The van der Waals surface area contributed by atoms with Gasteiger partial charge in [0.1, 0.15) is 36.9 Å². The van der Waals surface area contributed by atoms with E-state index in [1.165, 1.54) is 12.1 Å².